The number of hydrogen-bond donors (Lipinski definition) is 0. The topological polar surface area (TPSA) is 46.1 Å². The molecule has 1 atom stereocenters. The number of benzene rings is 1. The number of anilines is 1. The average molecular weight is 340 g/mol. The third-order valence-corrected chi connectivity index (χ3v) is 5.87. The van der Waals surface area contributed by atoms with Crippen LogP contribution in [0.2, 0.25) is 0 Å². The summed E-state index contributed by atoms with van der Waals surface area (Å²) >= 11 is 4.68. The molecule has 21 heavy (non-hydrogen) atoms. The van der Waals surface area contributed by atoms with Gasteiger partial charge in [0.2, 0.25) is 5.91 Å². The second-order valence-corrected chi connectivity index (χ2v) is 8.34. The molecule has 0 aliphatic carbocycles. The molecule has 1 unspecified atom stereocenters. The van der Waals surface area contributed by atoms with Crippen LogP contribution in [0.4, 0.5) is 5.69 Å². The second kappa shape index (κ2) is 7.82. The van der Waals surface area contributed by atoms with Gasteiger partial charge in [0.25, 0.3) is 0 Å². The van der Waals surface area contributed by atoms with Crippen LogP contribution < -0.4 is 4.90 Å². The zero-order valence-electron chi connectivity index (χ0n) is 12.1. The smallest absolute Gasteiger partial charge is 0.240 e. The number of hydrogen-bond acceptors (Lipinski definition) is 6. The maximum Gasteiger partial charge on any atom is 0.240 e. The van der Waals surface area contributed by atoms with Crippen molar-refractivity contribution in [3.8, 4) is 0 Å². The van der Waals surface area contributed by atoms with Gasteiger partial charge in [0, 0.05) is 12.7 Å². The fourth-order valence-electron chi connectivity index (χ4n) is 1.68. The van der Waals surface area contributed by atoms with Crippen LogP contribution in [0.15, 0.2) is 39.0 Å². The molecule has 1 heterocycles. The van der Waals surface area contributed by atoms with Gasteiger partial charge < -0.3 is 4.90 Å². The van der Waals surface area contributed by atoms with Gasteiger partial charge in [0.15, 0.2) is 8.68 Å². The molecule has 4 nitrogen and oxygen atoms in total. The van der Waals surface area contributed by atoms with Crippen molar-refractivity contribution < 1.29 is 4.79 Å². The molecule has 1 amide bonds. The molecule has 0 aliphatic heterocycles. The number of rotatable bonds is 6. The minimum absolute atomic E-state index is 0.0612. The summed E-state index contributed by atoms with van der Waals surface area (Å²) < 4.78 is 1.80. The van der Waals surface area contributed by atoms with Gasteiger partial charge in [-0.25, -0.2) is 0 Å². The highest BCUT2D eigenvalue weighted by Gasteiger charge is 2.21. The molecule has 7 heteroatoms. The van der Waals surface area contributed by atoms with Crippen LogP contribution in [-0.4, -0.2) is 34.2 Å². The van der Waals surface area contributed by atoms with E-state index in [1.165, 1.54) is 11.8 Å². The lowest BCUT2D eigenvalue weighted by molar-refractivity contribution is -0.117. The number of nitrogens with zero attached hydrogens (tertiary/aromatic N) is 3. The fourth-order valence-corrected chi connectivity index (χ4v) is 4.83. The van der Waals surface area contributed by atoms with Crippen molar-refractivity contribution in [2.24, 2.45) is 0 Å². The van der Waals surface area contributed by atoms with Crippen molar-refractivity contribution in [2.75, 3.05) is 17.7 Å². The third-order valence-electron chi connectivity index (χ3n) is 2.76. The Morgan fingerprint density at radius 2 is 1.95 bits per heavy atom. The van der Waals surface area contributed by atoms with Gasteiger partial charge >= 0.3 is 0 Å². The molecule has 2 aromatic rings. The Hall–Kier alpha value is -1.05. The predicted molar refractivity (Wildman–Crippen MR) is 91.5 cm³/mol. The normalized spacial score (nSPS) is 12.1. The molecule has 2 rings (SSSR count). The fraction of sp³-hybridized carbons (Fsp3) is 0.357. The minimum Gasteiger partial charge on any atom is -0.315 e. The van der Waals surface area contributed by atoms with Crippen LogP contribution >= 0.6 is 34.9 Å². The molecule has 1 aromatic carbocycles. The molecule has 0 bridgehead atoms. The van der Waals surface area contributed by atoms with Gasteiger partial charge in [-0.15, -0.1) is 10.2 Å². The molecule has 112 valence electrons. The third kappa shape index (κ3) is 4.46. The van der Waals surface area contributed by atoms with Crippen molar-refractivity contribution >= 4 is 46.5 Å². The number of para-hydroxylation sites is 1. The van der Waals surface area contributed by atoms with E-state index in [1.54, 1.807) is 35.0 Å². The zero-order valence-corrected chi connectivity index (χ0v) is 14.6. The first-order valence-corrected chi connectivity index (χ1v) is 9.25. The number of thioether (sulfide) groups is 2. The number of amides is 1. The molecule has 0 saturated heterocycles. The lowest BCUT2D eigenvalue weighted by Gasteiger charge is -2.20. The first-order chi connectivity index (χ1) is 10.1. The van der Waals surface area contributed by atoms with Crippen LogP contribution in [0.3, 0.4) is 0 Å². The van der Waals surface area contributed by atoms with Gasteiger partial charge in [-0.3, -0.25) is 4.79 Å². The summed E-state index contributed by atoms with van der Waals surface area (Å²) in [7, 11) is 1.80. The molecule has 0 radical (unpaired) electrons. The zero-order chi connectivity index (χ0) is 15.2. The van der Waals surface area contributed by atoms with Gasteiger partial charge in [0.1, 0.15) is 0 Å². The van der Waals surface area contributed by atoms with Gasteiger partial charge in [-0.05, 0) is 24.8 Å². The first kappa shape index (κ1) is 16.3. The van der Waals surface area contributed by atoms with E-state index in [9.17, 15) is 4.79 Å². The first-order valence-electron chi connectivity index (χ1n) is 6.57. The standard InChI is InChI=1S/C14H17N3OS3/c1-4-19-13-15-16-14(21-13)20-10(2)12(18)17(3)11-8-6-5-7-9-11/h5-10H,4H2,1-3H3. The monoisotopic (exact) mass is 339 g/mol. The van der Waals surface area contributed by atoms with Crippen molar-refractivity contribution in [3.05, 3.63) is 30.3 Å². The molecule has 0 aliphatic rings. The van der Waals surface area contributed by atoms with Crippen LogP contribution in [0.5, 0.6) is 0 Å². The van der Waals surface area contributed by atoms with Crippen LogP contribution in [0.1, 0.15) is 13.8 Å². The molecule has 0 spiro atoms. The van der Waals surface area contributed by atoms with Crippen molar-refractivity contribution in [3.63, 3.8) is 0 Å². The largest absolute Gasteiger partial charge is 0.315 e. The highest BCUT2D eigenvalue weighted by atomic mass is 32.2. The van der Waals surface area contributed by atoms with Crippen molar-refractivity contribution in [2.45, 2.75) is 27.8 Å². The molecular weight excluding hydrogens is 322 g/mol. The lowest BCUT2D eigenvalue weighted by atomic mass is 10.3. The van der Waals surface area contributed by atoms with E-state index >= 15 is 0 Å². The van der Waals surface area contributed by atoms with Gasteiger partial charge in [-0.1, -0.05) is 60.0 Å². The van der Waals surface area contributed by atoms with E-state index < -0.39 is 0 Å². The average Bonchev–Trinajstić information content (AvgIpc) is 2.94. The summed E-state index contributed by atoms with van der Waals surface area (Å²) in [5.74, 6) is 1.04. The summed E-state index contributed by atoms with van der Waals surface area (Å²) in [4.78, 5) is 14.1. The van der Waals surface area contributed by atoms with E-state index in [0.29, 0.717) is 0 Å². The second-order valence-electron chi connectivity index (χ2n) is 4.26. The Kier molecular flexibility index (Phi) is 6.08. The van der Waals surface area contributed by atoms with Gasteiger partial charge in [-0.2, -0.15) is 0 Å². The Morgan fingerprint density at radius 3 is 2.62 bits per heavy atom. The number of carbonyl (C=O) groups is 1. The summed E-state index contributed by atoms with van der Waals surface area (Å²) in [5, 5.41) is 8.04. The van der Waals surface area contributed by atoms with E-state index in [0.717, 1.165) is 20.1 Å². The number of carbonyl (C=O) groups excluding carboxylic acids is 1. The number of aromatic nitrogens is 2. The minimum atomic E-state index is -0.192. The SMILES string of the molecule is CCSc1nnc(SC(C)C(=O)N(C)c2ccccc2)s1. The van der Waals surface area contributed by atoms with E-state index in [4.69, 9.17) is 0 Å². The molecule has 0 fully saturated rings. The van der Waals surface area contributed by atoms with Crippen molar-refractivity contribution in [1.82, 2.24) is 10.2 Å². The van der Waals surface area contributed by atoms with Crippen LogP contribution in [-0.2, 0) is 4.79 Å². The lowest BCUT2D eigenvalue weighted by Crippen LogP contribution is -2.33. The van der Waals surface area contributed by atoms with Crippen LogP contribution in [0.25, 0.3) is 0 Å². The quantitative estimate of drug-likeness (QED) is 0.749. The van der Waals surface area contributed by atoms with E-state index in [1.807, 2.05) is 37.3 Å². The summed E-state index contributed by atoms with van der Waals surface area (Å²) in [6.45, 7) is 3.99. The van der Waals surface area contributed by atoms with Crippen LogP contribution in [0, 0.1) is 0 Å². The summed E-state index contributed by atoms with van der Waals surface area (Å²) in [6.07, 6.45) is 0. The Bertz CT molecular complexity index is 588. The van der Waals surface area contributed by atoms with E-state index in [-0.39, 0.29) is 11.2 Å². The maximum atomic E-state index is 12.4. The highest BCUT2D eigenvalue weighted by molar-refractivity contribution is 8.03. The molecule has 1 aromatic heterocycles. The molecule has 0 N–H and O–H groups in total. The Morgan fingerprint density at radius 1 is 1.29 bits per heavy atom. The van der Waals surface area contributed by atoms with Gasteiger partial charge in [0.05, 0.1) is 5.25 Å². The summed E-state index contributed by atoms with van der Waals surface area (Å²) in [5.41, 5.74) is 0.898. The Balaban J connectivity index is 1.98. The highest BCUT2D eigenvalue weighted by Crippen LogP contribution is 2.31. The molecular formula is C14H17N3OS3. The maximum absolute atomic E-state index is 12.4. The Labute approximate surface area is 137 Å². The van der Waals surface area contributed by atoms with Crippen molar-refractivity contribution in [1.29, 1.82) is 0 Å². The van der Waals surface area contributed by atoms with E-state index in [2.05, 4.69) is 17.1 Å². The molecule has 0 saturated carbocycles. The predicted octanol–water partition coefficient (Wildman–Crippen LogP) is 3.79. The summed E-state index contributed by atoms with van der Waals surface area (Å²) in [6, 6.07) is 9.65.